The van der Waals surface area contributed by atoms with Gasteiger partial charge in [0.25, 0.3) is 0 Å². The third-order valence-corrected chi connectivity index (χ3v) is 6.64. The molecule has 0 spiro atoms. The minimum absolute atomic E-state index is 0.100. The third kappa shape index (κ3) is 5.86. The van der Waals surface area contributed by atoms with Crippen LogP contribution >= 0.6 is 23.4 Å². The van der Waals surface area contributed by atoms with Gasteiger partial charge >= 0.3 is 0 Å². The highest BCUT2D eigenvalue weighted by Crippen LogP contribution is 2.27. The maximum absolute atomic E-state index is 12.6. The van der Waals surface area contributed by atoms with Crippen LogP contribution < -0.4 is 5.32 Å². The van der Waals surface area contributed by atoms with Crippen molar-refractivity contribution in [3.05, 3.63) is 83.3 Å². The van der Waals surface area contributed by atoms with Gasteiger partial charge in [-0.1, -0.05) is 49.3 Å². The third-order valence-electron chi connectivity index (χ3n) is 5.42. The van der Waals surface area contributed by atoms with Crippen LogP contribution in [-0.2, 0) is 11.3 Å². The summed E-state index contributed by atoms with van der Waals surface area (Å²) in [5.41, 5.74) is 2.94. The number of furan rings is 1. The van der Waals surface area contributed by atoms with Crippen molar-refractivity contribution in [1.29, 1.82) is 0 Å². The van der Waals surface area contributed by atoms with Gasteiger partial charge in [-0.25, -0.2) is 0 Å². The maximum Gasteiger partial charge on any atom is 0.234 e. The predicted molar refractivity (Wildman–Crippen MR) is 133 cm³/mol. The lowest BCUT2D eigenvalue weighted by atomic mass is 9.99. The van der Waals surface area contributed by atoms with E-state index in [4.69, 9.17) is 16.0 Å². The van der Waals surface area contributed by atoms with Crippen LogP contribution in [0.15, 0.2) is 76.5 Å². The lowest BCUT2D eigenvalue weighted by Crippen LogP contribution is -2.15. The van der Waals surface area contributed by atoms with Crippen molar-refractivity contribution in [3.63, 3.8) is 0 Å². The van der Waals surface area contributed by atoms with Gasteiger partial charge in [0.1, 0.15) is 5.76 Å². The molecule has 0 fully saturated rings. The van der Waals surface area contributed by atoms with Crippen LogP contribution in [0.2, 0.25) is 5.02 Å². The van der Waals surface area contributed by atoms with E-state index in [2.05, 4.69) is 41.5 Å². The van der Waals surface area contributed by atoms with E-state index in [1.165, 1.54) is 17.3 Å². The topological polar surface area (TPSA) is 73.0 Å². The van der Waals surface area contributed by atoms with Crippen molar-refractivity contribution in [1.82, 2.24) is 14.8 Å². The number of hydrogen-bond acceptors (Lipinski definition) is 5. The number of amides is 1. The molecule has 2 aromatic heterocycles. The molecule has 1 amide bonds. The summed E-state index contributed by atoms with van der Waals surface area (Å²) in [5, 5.41) is 12.9. The largest absolute Gasteiger partial charge is 0.467 e. The van der Waals surface area contributed by atoms with E-state index in [0.29, 0.717) is 28.5 Å². The number of thioether (sulfide) groups is 1. The number of carbonyl (C=O) groups excluding carboxylic acids is 1. The van der Waals surface area contributed by atoms with Crippen LogP contribution in [0, 0.1) is 0 Å². The summed E-state index contributed by atoms with van der Waals surface area (Å²) in [6.45, 7) is 4.82. The predicted octanol–water partition coefficient (Wildman–Crippen LogP) is 6.48. The second-order valence-corrected chi connectivity index (χ2v) is 9.13. The average molecular weight is 481 g/mol. The smallest absolute Gasteiger partial charge is 0.234 e. The fourth-order valence-electron chi connectivity index (χ4n) is 3.37. The van der Waals surface area contributed by atoms with Crippen molar-refractivity contribution in [3.8, 4) is 11.4 Å². The number of anilines is 1. The molecule has 4 rings (SSSR count). The van der Waals surface area contributed by atoms with Gasteiger partial charge in [-0.05, 0) is 66.4 Å². The Bertz CT molecular complexity index is 1190. The first kappa shape index (κ1) is 23.1. The summed E-state index contributed by atoms with van der Waals surface area (Å²) in [7, 11) is 0. The zero-order chi connectivity index (χ0) is 23.2. The number of rotatable bonds is 9. The van der Waals surface area contributed by atoms with Crippen molar-refractivity contribution in [2.24, 2.45) is 0 Å². The van der Waals surface area contributed by atoms with Gasteiger partial charge in [0.05, 0.1) is 18.6 Å². The van der Waals surface area contributed by atoms with Crippen LogP contribution in [0.4, 0.5) is 5.69 Å². The molecule has 6 nitrogen and oxygen atoms in total. The molecule has 0 saturated heterocycles. The highest BCUT2D eigenvalue weighted by molar-refractivity contribution is 7.99. The molecule has 2 heterocycles. The van der Waals surface area contributed by atoms with Gasteiger partial charge in [-0.2, -0.15) is 0 Å². The molecule has 0 aliphatic heterocycles. The Hall–Kier alpha value is -3.03. The Morgan fingerprint density at radius 1 is 1.12 bits per heavy atom. The van der Waals surface area contributed by atoms with Gasteiger partial charge in [0.2, 0.25) is 5.91 Å². The van der Waals surface area contributed by atoms with Crippen molar-refractivity contribution in [2.75, 3.05) is 11.1 Å². The lowest BCUT2D eigenvalue weighted by Gasteiger charge is -2.11. The van der Waals surface area contributed by atoms with Crippen molar-refractivity contribution >= 4 is 35.0 Å². The number of carbonyl (C=O) groups is 1. The first-order valence-corrected chi connectivity index (χ1v) is 12.1. The first-order valence-electron chi connectivity index (χ1n) is 10.8. The zero-order valence-corrected chi connectivity index (χ0v) is 20.1. The van der Waals surface area contributed by atoms with Gasteiger partial charge in [-0.3, -0.25) is 9.36 Å². The van der Waals surface area contributed by atoms with Gasteiger partial charge in [0.15, 0.2) is 11.0 Å². The molecule has 4 aromatic rings. The minimum atomic E-state index is -0.100. The maximum atomic E-state index is 12.6. The van der Waals surface area contributed by atoms with E-state index in [1.807, 2.05) is 53.1 Å². The highest BCUT2D eigenvalue weighted by atomic mass is 35.5. The molecule has 0 aliphatic rings. The average Bonchev–Trinajstić information content (AvgIpc) is 3.49. The van der Waals surface area contributed by atoms with E-state index >= 15 is 0 Å². The van der Waals surface area contributed by atoms with Crippen LogP contribution in [0.1, 0.15) is 37.5 Å². The quantitative estimate of drug-likeness (QED) is 0.277. The summed E-state index contributed by atoms with van der Waals surface area (Å²) in [5.74, 6) is 2.08. The summed E-state index contributed by atoms with van der Waals surface area (Å²) in [4.78, 5) is 12.6. The lowest BCUT2D eigenvalue weighted by molar-refractivity contribution is -0.113. The normalized spacial score (nSPS) is 12.0. The molecular weight excluding hydrogens is 456 g/mol. The van der Waals surface area contributed by atoms with Crippen molar-refractivity contribution in [2.45, 2.75) is 37.9 Å². The number of nitrogens with zero attached hydrogens (tertiary/aromatic N) is 3. The van der Waals surface area contributed by atoms with E-state index in [9.17, 15) is 4.79 Å². The van der Waals surface area contributed by atoms with Crippen LogP contribution in [-0.4, -0.2) is 26.4 Å². The Kier molecular flexibility index (Phi) is 7.52. The summed E-state index contributed by atoms with van der Waals surface area (Å²) in [6.07, 6.45) is 2.72. The molecule has 0 aliphatic carbocycles. The SMILES string of the molecule is CCC(C)c1ccc(NC(=O)CSc2nnc(-c3ccc(Cl)cc3)n2Cc2ccco2)cc1. The van der Waals surface area contributed by atoms with Crippen LogP contribution in [0.25, 0.3) is 11.4 Å². The van der Waals surface area contributed by atoms with E-state index < -0.39 is 0 Å². The van der Waals surface area contributed by atoms with Gasteiger partial charge in [-0.15, -0.1) is 10.2 Å². The van der Waals surface area contributed by atoms with E-state index in [1.54, 1.807) is 6.26 Å². The Labute approximate surface area is 202 Å². The Morgan fingerprint density at radius 2 is 1.88 bits per heavy atom. The second-order valence-electron chi connectivity index (χ2n) is 7.75. The fourth-order valence-corrected chi connectivity index (χ4v) is 4.23. The first-order chi connectivity index (χ1) is 16.0. The standard InChI is InChI=1S/C25H25ClN4O2S/c1-3-17(2)18-8-12-21(13-9-18)27-23(31)16-33-25-29-28-24(19-6-10-20(26)11-7-19)30(25)15-22-5-4-14-32-22/h4-14,17H,3,15-16H2,1-2H3,(H,27,31). The number of hydrogen-bond donors (Lipinski definition) is 1. The zero-order valence-electron chi connectivity index (χ0n) is 18.5. The number of benzene rings is 2. The van der Waals surface area contributed by atoms with Gasteiger partial charge < -0.3 is 9.73 Å². The van der Waals surface area contributed by atoms with Crippen molar-refractivity contribution < 1.29 is 9.21 Å². The molecule has 170 valence electrons. The van der Waals surface area contributed by atoms with Gasteiger partial charge in [0, 0.05) is 16.3 Å². The molecule has 8 heteroatoms. The summed E-state index contributed by atoms with van der Waals surface area (Å²) in [6, 6.07) is 19.2. The number of nitrogens with one attached hydrogen (secondary N) is 1. The summed E-state index contributed by atoms with van der Waals surface area (Å²) < 4.78 is 7.47. The number of aromatic nitrogens is 3. The monoisotopic (exact) mass is 480 g/mol. The molecule has 0 saturated carbocycles. The Balaban J connectivity index is 1.47. The molecular formula is C25H25ClN4O2S. The van der Waals surface area contributed by atoms with E-state index in [0.717, 1.165) is 23.4 Å². The molecule has 0 bridgehead atoms. The molecule has 33 heavy (non-hydrogen) atoms. The van der Waals surface area contributed by atoms with E-state index in [-0.39, 0.29) is 11.7 Å². The molecule has 2 aromatic carbocycles. The molecule has 1 atom stereocenters. The molecule has 1 N–H and O–H groups in total. The highest BCUT2D eigenvalue weighted by Gasteiger charge is 2.17. The second kappa shape index (κ2) is 10.7. The van der Waals surface area contributed by atoms with Crippen LogP contribution in [0.3, 0.4) is 0 Å². The molecule has 1 unspecified atom stereocenters. The fraction of sp³-hybridized carbons (Fsp3) is 0.240. The summed E-state index contributed by atoms with van der Waals surface area (Å²) >= 11 is 7.37. The minimum Gasteiger partial charge on any atom is -0.467 e. The Morgan fingerprint density at radius 3 is 2.55 bits per heavy atom. The number of halogens is 1. The molecule has 0 radical (unpaired) electrons. The van der Waals surface area contributed by atoms with Crippen LogP contribution in [0.5, 0.6) is 0 Å².